The highest BCUT2D eigenvalue weighted by Gasteiger charge is 2.29. The molecule has 0 fully saturated rings. The number of anilines is 1. The van der Waals surface area contributed by atoms with E-state index in [9.17, 15) is 17.6 Å². The highest BCUT2D eigenvalue weighted by Crippen LogP contribution is 2.34. The molecule has 1 atom stereocenters. The van der Waals surface area contributed by atoms with Crippen molar-refractivity contribution >= 4 is 21.6 Å². The molecule has 0 radical (unpaired) electrons. The monoisotopic (exact) mass is 498 g/mol. The van der Waals surface area contributed by atoms with Crippen LogP contribution in [0, 0.1) is 19.7 Å². The Kier molecular flexibility index (Phi) is 6.98. The van der Waals surface area contributed by atoms with Crippen LogP contribution in [0.5, 0.6) is 11.5 Å². The number of nitrogens with one attached hydrogen (secondary N) is 1. The number of rotatable bonds is 7. The van der Waals surface area contributed by atoms with E-state index in [1.54, 1.807) is 0 Å². The first-order chi connectivity index (χ1) is 16.6. The van der Waals surface area contributed by atoms with Crippen molar-refractivity contribution in [3.05, 3.63) is 83.2 Å². The van der Waals surface area contributed by atoms with Crippen molar-refractivity contribution in [2.45, 2.75) is 31.7 Å². The average molecular weight is 499 g/mol. The minimum Gasteiger partial charge on any atom is -0.486 e. The topological polar surface area (TPSA) is 84.9 Å². The van der Waals surface area contributed by atoms with Crippen LogP contribution in [0.15, 0.2) is 65.6 Å². The molecule has 0 saturated carbocycles. The van der Waals surface area contributed by atoms with Gasteiger partial charge in [0.15, 0.2) is 11.5 Å². The molecule has 184 valence electrons. The number of hydrogen-bond donors (Lipinski definition) is 1. The number of carbonyl (C=O) groups excluding carboxylic acids is 1. The van der Waals surface area contributed by atoms with Crippen LogP contribution in [0.3, 0.4) is 0 Å². The van der Waals surface area contributed by atoms with Gasteiger partial charge in [-0.2, -0.15) is 0 Å². The summed E-state index contributed by atoms with van der Waals surface area (Å²) in [5, 5.41) is 2.89. The SMILES string of the molecule is Cc1ccc(C)c(C(C)NC(=O)CN(c2ccc(F)cc2)S(=O)(=O)c2ccc3c(c2)OCCO3)c1. The van der Waals surface area contributed by atoms with Crippen LogP contribution in [0.1, 0.15) is 29.7 Å². The lowest BCUT2D eigenvalue weighted by Crippen LogP contribution is -2.41. The molecule has 4 rings (SSSR count). The fraction of sp³-hybridized carbons (Fsp3) is 0.269. The number of ether oxygens (including phenoxy) is 2. The highest BCUT2D eigenvalue weighted by atomic mass is 32.2. The van der Waals surface area contributed by atoms with Gasteiger partial charge in [0.1, 0.15) is 25.6 Å². The van der Waals surface area contributed by atoms with Crippen molar-refractivity contribution in [2.24, 2.45) is 0 Å². The number of fused-ring (bicyclic) bond motifs is 1. The van der Waals surface area contributed by atoms with E-state index in [1.165, 1.54) is 30.3 Å². The molecule has 7 nitrogen and oxygen atoms in total. The highest BCUT2D eigenvalue weighted by molar-refractivity contribution is 7.92. The Morgan fingerprint density at radius 1 is 1.00 bits per heavy atom. The van der Waals surface area contributed by atoms with Gasteiger partial charge in [-0.3, -0.25) is 9.10 Å². The fourth-order valence-electron chi connectivity index (χ4n) is 3.96. The Labute approximate surface area is 204 Å². The normalized spacial score (nSPS) is 13.7. The summed E-state index contributed by atoms with van der Waals surface area (Å²) in [5.74, 6) is -0.254. The first-order valence-electron chi connectivity index (χ1n) is 11.2. The quantitative estimate of drug-likeness (QED) is 0.526. The third-order valence-electron chi connectivity index (χ3n) is 5.78. The van der Waals surface area contributed by atoms with Gasteiger partial charge in [0, 0.05) is 6.07 Å². The van der Waals surface area contributed by atoms with Crippen LogP contribution in [-0.2, 0) is 14.8 Å². The van der Waals surface area contributed by atoms with E-state index in [1.807, 2.05) is 39.0 Å². The van der Waals surface area contributed by atoms with Crippen molar-refractivity contribution in [3.63, 3.8) is 0 Å². The molecule has 0 saturated heterocycles. The molecule has 9 heteroatoms. The maximum Gasteiger partial charge on any atom is 0.264 e. The predicted octanol–water partition coefficient (Wildman–Crippen LogP) is 4.29. The predicted molar refractivity (Wildman–Crippen MR) is 131 cm³/mol. The number of sulfonamides is 1. The van der Waals surface area contributed by atoms with E-state index in [4.69, 9.17) is 9.47 Å². The molecule has 3 aromatic carbocycles. The molecule has 0 aromatic heterocycles. The third-order valence-corrected chi connectivity index (χ3v) is 7.55. The van der Waals surface area contributed by atoms with Crippen molar-refractivity contribution in [3.8, 4) is 11.5 Å². The number of nitrogens with zero attached hydrogens (tertiary/aromatic N) is 1. The second kappa shape index (κ2) is 9.95. The zero-order valence-corrected chi connectivity index (χ0v) is 20.6. The molecule has 1 aliphatic heterocycles. The lowest BCUT2D eigenvalue weighted by Gasteiger charge is -2.26. The van der Waals surface area contributed by atoms with Crippen LogP contribution >= 0.6 is 0 Å². The van der Waals surface area contributed by atoms with E-state index >= 15 is 0 Å². The smallest absolute Gasteiger partial charge is 0.264 e. The summed E-state index contributed by atoms with van der Waals surface area (Å²) in [6.45, 7) is 5.95. The minimum atomic E-state index is -4.20. The second-order valence-electron chi connectivity index (χ2n) is 8.44. The number of amides is 1. The van der Waals surface area contributed by atoms with Crippen LogP contribution in [0.2, 0.25) is 0 Å². The fourth-order valence-corrected chi connectivity index (χ4v) is 5.39. The zero-order valence-electron chi connectivity index (χ0n) is 19.7. The molecule has 3 aromatic rings. The van der Waals surface area contributed by atoms with E-state index in [-0.39, 0.29) is 16.6 Å². The van der Waals surface area contributed by atoms with Gasteiger partial charge in [-0.1, -0.05) is 23.8 Å². The second-order valence-corrected chi connectivity index (χ2v) is 10.3. The molecule has 0 aliphatic carbocycles. The maximum atomic E-state index is 13.6. The summed E-state index contributed by atoms with van der Waals surface area (Å²) >= 11 is 0. The van der Waals surface area contributed by atoms with Crippen LogP contribution in [0.4, 0.5) is 10.1 Å². The molecule has 1 unspecified atom stereocenters. The Bertz CT molecular complexity index is 1340. The van der Waals surface area contributed by atoms with Crippen molar-refractivity contribution in [2.75, 3.05) is 24.1 Å². The molecule has 0 bridgehead atoms. The number of benzene rings is 3. The van der Waals surface area contributed by atoms with Crippen LogP contribution in [0.25, 0.3) is 0 Å². The first-order valence-corrected chi connectivity index (χ1v) is 12.6. The van der Waals surface area contributed by atoms with E-state index < -0.39 is 28.3 Å². The largest absolute Gasteiger partial charge is 0.486 e. The van der Waals surface area contributed by atoms with Crippen molar-refractivity contribution in [1.29, 1.82) is 0 Å². The molecule has 1 amide bonds. The summed E-state index contributed by atoms with van der Waals surface area (Å²) < 4.78 is 52.8. The summed E-state index contributed by atoms with van der Waals surface area (Å²) in [6, 6.07) is 14.9. The van der Waals surface area contributed by atoms with Gasteiger partial charge in [-0.15, -0.1) is 0 Å². The van der Waals surface area contributed by atoms with Crippen LogP contribution < -0.4 is 19.1 Å². The summed E-state index contributed by atoms with van der Waals surface area (Å²) in [7, 11) is -4.20. The maximum absolute atomic E-state index is 13.6. The van der Waals surface area contributed by atoms with Crippen molar-refractivity contribution in [1.82, 2.24) is 5.32 Å². The molecule has 1 aliphatic rings. The number of carbonyl (C=O) groups is 1. The molecular weight excluding hydrogens is 471 g/mol. The van der Waals surface area contributed by atoms with Gasteiger partial charge < -0.3 is 14.8 Å². The van der Waals surface area contributed by atoms with Crippen molar-refractivity contribution < 1.29 is 27.1 Å². The van der Waals surface area contributed by atoms with Gasteiger partial charge in [-0.05, 0) is 68.3 Å². The first kappa shape index (κ1) is 24.5. The standard InChI is InChI=1S/C26H27FN2O5S/c1-17-4-5-18(2)23(14-17)19(3)28-26(30)16-29(21-8-6-20(27)7-9-21)35(31,32)22-10-11-24-25(15-22)34-13-12-33-24/h4-11,14-15,19H,12-13,16H2,1-3H3,(H,28,30). The molecule has 35 heavy (non-hydrogen) atoms. The number of aryl methyl sites for hydroxylation is 2. The third kappa shape index (κ3) is 5.40. The summed E-state index contributed by atoms with van der Waals surface area (Å²) in [4.78, 5) is 13.0. The van der Waals surface area contributed by atoms with E-state index in [0.29, 0.717) is 24.7 Å². The van der Waals surface area contributed by atoms with Crippen LogP contribution in [-0.4, -0.2) is 34.1 Å². The Morgan fingerprint density at radius 2 is 1.69 bits per heavy atom. The van der Waals surface area contributed by atoms with E-state index in [0.717, 1.165) is 33.1 Å². The Morgan fingerprint density at radius 3 is 2.40 bits per heavy atom. The molecule has 1 heterocycles. The van der Waals surface area contributed by atoms with E-state index in [2.05, 4.69) is 5.32 Å². The number of halogens is 1. The Hall–Kier alpha value is -3.59. The average Bonchev–Trinajstić information content (AvgIpc) is 2.84. The summed E-state index contributed by atoms with van der Waals surface area (Å²) in [5.41, 5.74) is 3.18. The van der Waals surface area contributed by atoms with Gasteiger partial charge in [0.2, 0.25) is 5.91 Å². The lowest BCUT2D eigenvalue weighted by atomic mass is 10.00. The molecule has 1 N–H and O–H groups in total. The number of hydrogen-bond acceptors (Lipinski definition) is 5. The summed E-state index contributed by atoms with van der Waals surface area (Å²) in [6.07, 6.45) is 0. The minimum absolute atomic E-state index is 0.0681. The Balaban J connectivity index is 1.63. The van der Waals surface area contributed by atoms with Gasteiger partial charge >= 0.3 is 0 Å². The van der Waals surface area contributed by atoms with Gasteiger partial charge in [0.05, 0.1) is 16.6 Å². The van der Waals surface area contributed by atoms with Gasteiger partial charge in [-0.25, -0.2) is 12.8 Å². The lowest BCUT2D eigenvalue weighted by molar-refractivity contribution is -0.120. The van der Waals surface area contributed by atoms with Gasteiger partial charge in [0.25, 0.3) is 10.0 Å². The zero-order chi connectivity index (χ0) is 25.2. The molecular formula is C26H27FN2O5S. The molecule has 0 spiro atoms.